The van der Waals surface area contributed by atoms with Crippen LogP contribution in [0.25, 0.3) is 0 Å². The molecule has 1 unspecified atom stereocenters. The second kappa shape index (κ2) is 13.4. The quantitative estimate of drug-likeness (QED) is 0.141. The van der Waals surface area contributed by atoms with E-state index in [0.717, 1.165) is 34.6 Å². The van der Waals surface area contributed by atoms with E-state index >= 15 is 0 Å². The highest BCUT2D eigenvalue weighted by molar-refractivity contribution is 7.92. The third-order valence-corrected chi connectivity index (χ3v) is 8.25. The highest BCUT2D eigenvalue weighted by Crippen LogP contribution is 2.40. The molecule has 3 aromatic rings. The number of nitrogens with zero attached hydrogens (tertiary/aromatic N) is 1. The minimum atomic E-state index is -4.78. The SMILES string of the molecule is CC(C)(C)OC(=O)Nc1ccc2c(c1)N(S(=O)(=O)c1cccc(C(F)(F)F)c1)CC(CCNOCc1ccc(C(F)(F)F)cc1)O2. The number of hydrogen-bond donors (Lipinski definition) is 2. The van der Waals surface area contributed by atoms with E-state index in [2.05, 4.69) is 10.8 Å². The third kappa shape index (κ3) is 9.04. The Kier molecular flexibility index (Phi) is 10.1. The molecule has 0 fully saturated rings. The zero-order chi connectivity index (χ0) is 33.9. The van der Waals surface area contributed by atoms with Crippen LogP contribution in [0.4, 0.5) is 42.5 Å². The lowest BCUT2D eigenvalue weighted by Gasteiger charge is -2.36. The molecule has 1 amide bonds. The summed E-state index contributed by atoms with van der Waals surface area (Å²) >= 11 is 0. The van der Waals surface area contributed by atoms with Crippen LogP contribution >= 0.6 is 0 Å². The largest absolute Gasteiger partial charge is 0.486 e. The molecular weight excluding hydrogens is 644 g/mol. The minimum Gasteiger partial charge on any atom is -0.486 e. The van der Waals surface area contributed by atoms with Gasteiger partial charge in [0.05, 0.1) is 34.9 Å². The van der Waals surface area contributed by atoms with E-state index in [9.17, 15) is 39.6 Å². The molecule has 0 saturated carbocycles. The van der Waals surface area contributed by atoms with Gasteiger partial charge in [-0.15, -0.1) is 0 Å². The number of hydroxylamine groups is 1. The number of halogens is 6. The van der Waals surface area contributed by atoms with Gasteiger partial charge in [0.1, 0.15) is 17.5 Å². The fraction of sp³-hybridized carbons (Fsp3) is 0.367. The summed E-state index contributed by atoms with van der Waals surface area (Å²) in [5.74, 6) is 0.0900. The molecule has 1 heterocycles. The van der Waals surface area contributed by atoms with Gasteiger partial charge in [0.15, 0.2) is 0 Å². The summed E-state index contributed by atoms with van der Waals surface area (Å²) in [7, 11) is -4.57. The van der Waals surface area contributed by atoms with Gasteiger partial charge in [-0.1, -0.05) is 18.2 Å². The molecule has 4 rings (SSSR count). The first-order valence-corrected chi connectivity index (χ1v) is 15.3. The van der Waals surface area contributed by atoms with E-state index in [1.54, 1.807) is 20.8 Å². The van der Waals surface area contributed by atoms with Crippen molar-refractivity contribution < 1.29 is 53.9 Å². The van der Waals surface area contributed by atoms with Gasteiger partial charge in [-0.2, -0.15) is 26.3 Å². The monoisotopic (exact) mass is 675 g/mol. The Hall–Kier alpha value is -4.02. The van der Waals surface area contributed by atoms with Crippen molar-refractivity contribution in [1.82, 2.24) is 5.48 Å². The first-order valence-electron chi connectivity index (χ1n) is 13.8. The maximum Gasteiger partial charge on any atom is 0.416 e. The number of anilines is 2. The molecule has 16 heteroatoms. The Labute approximate surface area is 261 Å². The molecule has 0 aliphatic carbocycles. The predicted molar refractivity (Wildman–Crippen MR) is 156 cm³/mol. The molecule has 0 spiro atoms. The van der Waals surface area contributed by atoms with Gasteiger partial charge in [-0.05, 0) is 74.9 Å². The smallest absolute Gasteiger partial charge is 0.416 e. The Morgan fingerprint density at radius 1 is 0.935 bits per heavy atom. The van der Waals surface area contributed by atoms with Crippen molar-refractivity contribution in [3.63, 3.8) is 0 Å². The van der Waals surface area contributed by atoms with Gasteiger partial charge in [-0.25, -0.2) is 18.7 Å². The lowest BCUT2D eigenvalue weighted by Crippen LogP contribution is -2.44. The van der Waals surface area contributed by atoms with E-state index < -0.39 is 56.2 Å². The number of rotatable bonds is 9. The number of alkyl halides is 6. The van der Waals surface area contributed by atoms with Crippen LogP contribution in [0.15, 0.2) is 71.6 Å². The second-order valence-corrected chi connectivity index (χ2v) is 13.1. The van der Waals surface area contributed by atoms with Crippen molar-refractivity contribution in [2.24, 2.45) is 0 Å². The number of fused-ring (bicyclic) bond motifs is 1. The molecule has 250 valence electrons. The second-order valence-electron chi connectivity index (χ2n) is 11.3. The summed E-state index contributed by atoms with van der Waals surface area (Å²) in [6, 6.07) is 11.9. The van der Waals surface area contributed by atoms with Gasteiger partial charge in [-0.3, -0.25) is 14.5 Å². The van der Waals surface area contributed by atoms with Crippen LogP contribution in [-0.4, -0.2) is 39.3 Å². The summed E-state index contributed by atoms with van der Waals surface area (Å²) in [4.78, 5) is 17.1. The average molecular weight is 676 g/mol. The fourth-order valence-electron chi connectivity index (χ4n) is 4.37. The van der Waals surface area contributed by atoms with Gasteiger partial charge >= 0.3 is 18.4 Å². The van der Waals surface area contributed by atoms with E-state index in [0.29, 0.717) is 11.6 Å². The van der Waals surface area contributed by atoms with Crippen molar-refractivity contribution >= 4 is 27.5 Å². The van der Waals surface area contributed by atoms with Crippen LogP contribution in [0.2, 0.25) is 0 Å². The standard InChI is InChI=1S/C30H31F6N3O6S/c1-28(2,3)45-27(40)38-22-11-12-26-25(16-22)39(46(41,42)24-6-4-5-21(15-24)30(34,35)36)17-23(44-26)13-14-37-43-18-19-7-9-20(10-8-19)29(31,32)33/h4-12,15-16,23,37H,13-14,17-18H2,1-3H3,(H,38,40). The lowest BCUT2D eigenvalue weighted by molar-refractivity contribution is -0.138. The molecule has 3 aromatic carbocycles. The van der Waals surface area contributed by atoms with Crippen molar-refractivity contribution in [2.45, 2.75) is 62.8 Å². The summed E-state index contributed by atoms with van der Waals surface area (Å²) in [5.41, 5.74) is 0.496. The molecule has 46 heavy (non-hydrogen) atoms. The summed E-state index contributed by atoms with van der Waals surface area (Å²) in [6.45, 7) is 4.73. The fourth-order valence-corrected chi connectivity index (χ4v) is 5.91. The third-order valence-electron chi connectivity index (χ3n) is 6.48. The zero-order valence-corrected chi connectivity index (χ0v) is 25.6. The molecule has 0 bridgehead atoms. The van der Waals surface area contributed by atoms with Crippen LogP contribution in [0.5, 0.6) is 5.75 Å². The Balaban J connectivity index is 1.51. The normalized spacial score (nSPS) is 15.6. The van der Waals surface area contributed by atoms with Crippen LogP contribution in [0.3, 0.4) is 0 Å². The number of benzene rings is 3. The van der Waals surface area contributed by atoms with Crippen LogP contribution < -0.4 is 19.8 Å². The topological polar surface area (TPSA) is 106 Å². The Morgan fingerprint density at radius 2 is 1.61 bits per heavy atom. The maximum absolute atomic E-state index is 13.8. The highest BCUT2D eigenvalue weighted by Gasteiger charge is 2.37. The molecule has 9 nitrogen and oxygen atoms in total. The number of amides is 1. The van der Waals surface area contributed by atoms with Crippen molar-refractivity contribution in [1.29, 1.82) is 0 Å². The van der Waals surface area contributed by atoms with Gasteiger partial charge in [0.25, 0.3) is 10.0 Å². The van der Waals surface area contributed by atoms with Crippen molar-refractivity contribution in [3.8, 4) is 5.75 Å². The highest BCUT2D eigenvalue weighted by atomic mass is 32.2. The Morgan fingerprint density at radius 3 is 2.24 bits per heavy atom. The van der Waals surface area contributed by atoms with Gasteiger partial charge in [0, 0.05) is 18.7 Å². The summed E-state index contributed by atoms with van der Waals surface area (Å²) < 4.78 is 118. The molecule has 1 aliphatic rings. The van der Waals surface area contributed by atoms with E-state index in [1.165, 1.54) is 30.3 Å². The Bertz CT molecular complexity index is 1640. The van der Waals surface area contributed by atoms with E-state index in [-0.39, 0.29) is 43.2 Å². The molecule has 2 N–H and O–H groups in total. The number of carbonyl (C=O) groups excluding carboxylic acids is 1. The minimum absolute atomic E-state index is 0.0197. The molecule has 0 aromatic heterocycles. The predicted octanol–water partition coefficient (Wildman–Crippen LogP) is 7.14. The number of nitrogens with one attached hydrogen (secondary N) is 2. The molecule has 1 atom stereocenters. The maximum atomic E-state index is 13.8. The number of sulfonamides is 1. The number of ether oxygens (including phenoxy) is 2. The van der Waals surface area contributed by atoms with Gasteiger partial charge in [0.2, 0.25) is 0 Å². The number of hydrogen-bond acceptors (Lipinski definition) is 7. The number of carbonyl (C=O) groups is 1. The summed E-state index contributed by atoms with van der Waals surface area (Å²) in [6.07, 6.45) is -10.7. The van der Waals surface area contributed by atoms with Crippen molar-refractivity contribution in [3.05, 3.63) is 83.4 Å². The molecule has 1 aliphatic heterocycles. The average Bonchev–Trinajstić information content (AvgIpc) is 2.95. The van der Waals surface area contributed by atoms with E-state index in [4.69, 9.17) is 14.3 Å². The van der Waals surface area contributed by atoms with Crippen LogP contribution in [-0.2, 0) is 38.6 Å². The summed E-state index contributed by atoms with van der Waals surface area (Å²) in [5, 5.41) is 2.50. The molecule has 0 radical (unpaired) electrons. The van der Waals surface area contributed by atoms with Crippen LogP contribution in [0, 0.1) is 0 Å². The van der Waals surface area contributed by atoms with Crippen LogP contribution in [0.1, 0.15) is 43.9 Å². The van der Waals surface area contributed by atoms with E-state index in [1.807, 2.05) is 0 Å². The first kappa shape index (κ1) is 34.8. The van der Waals surface area contributed by atoms with Gasteiger partial charge < -0.3 is 9.47 Å². The molecular formula is C30H31F6N3O6S. The zero-order valence-electron chi connectivity index (χ0n) is 24.8. The first-order chi connectivity index (χ1) is 21.3. The lowest BCUT2D eigenvalue weighted by atomic mass is 10.1. The molecule has 0 saturated heterocycles. The van der Waals surface area contributed by atoms with Crippen molar-refractivity contribution in [2.75, 3.05) is 22.7 Å².